The second-order valence-electron chi connectivity index (χ2n) is 6.76. The number of carbonyl (C=O) groups excluding carboxylic acids is 1. The SMILES string of the molecule is NC1(c2ccc(CCC(=O)NC3CCCCC3)cc2)CC1. The summed E-state index contributed by atoms with van der Waals surface area (Å²) in [5.41, 5.74) is 8.58. The molecule has 2 aliphatic rings. The quantitative estimate of drug-likeness (QED) is 0.874. The number of hydrogen-bond donors (Lipinski definition) is 2. The highest BCUT2D eigenvalue weighted by atomic mass is 16.1. The Labute approximate surface area is 127 Å². The molecule has 1 aromatic rings. The van der Waals surface area contributed by atoms with Crippen LogP contribution in [-0.2, 0) is 16.8 Å². The summed E-state index contributed by atoms with van der Waals surface area (Å²) in [6, 6.07) is 8.91. The third kappa shape index (κ3) is 3.85. The van der Waals surface area contributed by atoms with Gasteiger partial charge in [-0.25, -0.2) is 0 Å². The normalized spacial score (nSPS) is 21.0. The van der Waals surface area contributed by atoms with Gasteiger partial charge in [0.25, 0.3) is 0 Å². The standard InChI is InChI=1S/C18H26N2O/c19-18(12-13-18)15-9-6-14(7-10-15)8-11-17(21)20-16-4-2-1-3-5-16/h6-7,9-10,16H,1-5,8,11-13,19H2,(H,20,21). The lowest BCUT2D eigenvalue weighted by molar-refractivity contribution is -0.121. The highest BCUT2D eigenvalue weighted by Gasteiger charge is 2.39. The minimum absolute atomic E-state index is 0.0586. The molecule has 0 radical (unpaired) electrons. The summed E-state index contributed by atoms with van der Waals surface area (Å²) in [6.07, 6.45) is 9.73. The minimum Gasteiger partial charge on any atom is -0.353 e. The van der Waals surface area contributed by atoms with Gasteiger partial charge in [-0.2, -0.15) is 0 Å². The Morgan fingerprint density at radius 1 is 1.14 bits per heavy atom. The van der Waals surface area contributed by atoms with Gasteiger partial charge in [-0.15, -0.1) is 0 Å². The van der Waals surface area contributed by atoms with Gasteiger partial charge in [-0.05, 0) is 43.2 Å². The number of rotatable bonds is 5. The fourth-order valence-electron chi connectivity index (χ4n) is 3.23. The molecular formula is C18H26N2O. The molecule has 0 heterocycles. The lowest BCUT2D eigenvalue weighted by atomic mass is 9.95. The zero-order chi connectivity index (χ0) is 14.7. The third-order valence-corrected chi connectivity index (χ3v) is 4.93. The van der Waals surface area contributed by atoms with E-state index in [2.05, 4.69) is 29.6 Å². The zero-order valence-corrected chi connectivity index (χ0v) is 12.7. The maximum Gasteiger partial charge on any atom is 0.220 e. The van der Waals surface area contributed by atoms with E-state index in [1.807, 2.05) is 0 Å². The van der Waals surface area contributed by atoms with Gasteiger partial charge in [0.2, 0.25) is 5.91 Å². The molecule has 0 bridgehead atoms. The number of carbonyl (C=O) groups is 1. The van der Waals surface area contributed by atoms with Crippen LogP contribution in [0.2, 0.25) is 0 Å². The lowest BCUT2D eigenvalue weighted by Gasteiger charge is -2.22. The predicted molar refractivity (Wildman–Crippen MR) is 84.9 cm³/mol. The maximum atomic E-state index is 12.0. The van der Waals surface area contributed by atoms with Crippen molar-refractivity contribution in [3.8, 4) is 0 Å². The van der Waals surface area contributed by atoms with E-state index >= 15 is 0 Å². The summed E-state index contributed by atoms with van der Waals surface area (Å²) in [4.78, 5) is 12.0. The Morgan fingerprint density at radius 2 is 1.81 bits per heavy atom. The van der Waals surface area contributed by atoms with Crippen molar-refractivity contribution in [2.24, 2.45) is 5.73 Å². The molecule has 0 atom stereocenters. The van der Waals surface area contributed by atoms with Crippen LogP contribution in [0.5, 0.6) is 0 Å². The highest BCUT2D eigenvalue weighted by molar-refractivity contribution is 5.76. The van der Waals surface area contributed by atoms with Crippen molar-refractivity contribution in [2.45, 2.75) is 69.4 Å². The number of hydrogen-bond acceptors (Lipinski definition) is 2. The van der Waals surface area contributed by atoms with E-state index in [9.17, 15) is 4.79 Å². The van der Waals surface area contributed by atoms with Crippen molar-refractivity contribution < 1.29 is 4.79 Å². The largest absolute Gasteiger partial charge is 0.353 e. The maximum absolute atomic E-state index is 12.0. The average Bonchev–Trinajstić information content (AvgIpc) is 3.26. The third-order valence-electron chi connectivity index (χ3n) is 4.93. The van der Waals surface area contributed by atoms with Crippen LogP contribution in [0.4, 0.5) is 0 Å². The summed E-state index contributed by atoms with van der Waals surface area (Å²) in [6.45, 7) is 0. The van der Waals surface area contributed by atoms with Gasteiger partial charge in [-0.1, -0.05) is 43.5 Å². The monoisotopic (exact) mass is 286 g/mol. The first-order valence-electron chi connectivity index (χ1n) is 8.33. The molecule has 3 rings (SSSR count). The smallest absolute Gasteiger partial charge is 0.220 e. The van der Waals surface area contributed by atoms with Crippen molar-refractivity contribution in [1.29, 1.82) is 0 Å². The van der Waals surface area contributed by atoms with Gasteiger partial charge in [0, 0.05) is 18.0 Å². The molecule has 0 spiro atoms. The van der Waals surface area contributed by atoms with E-state index in [1.54, 1.807) is 0 Å². The van der Waals surface area contributed by atoms with Crippen LogP contribution >= 0.6 is 0 Å². The highest BCUT2D eigenvalue weighted by Crippen LogP contribution is 2.42. The van der Waals surface area contributed by atoms with Crippen LogP contribution < -0.4 is 11.1 Å². The van der Waals surface area contributed by atoms with E-state index in [-0.39, 0.29) is 11.4 Å². The van der Waals surface area contributed by atoms with E-state index in [4.69, 9.17) is 5.73 Å². The summed E-state index contributed by atoms with van der Waals surface area (Å²) in [5, 5.41) is 3.18. The molecule has 0 aliphatic heterocycles. The molecule has 1 amide bonds. The Hall–Kier alpha value is -1.35. The first kappa shape index (κ1) is 14.6. The van der Waals surface area contributed by atoms with Crippen LogP contribution in [0.1, 0.15) is 62.5 Å². The van der Waals surface area contributed by atoms with Crippen LogP contribution in [0.3, 0.4) is 0 Å². The summed E-state index contributed by atoms with van der Waals surface area (Å²) < 4.78 is 0. The Bertz CT molecular complexity index is 484. The van der Waals surface area contributed by atoms with E-state index < -0.39 is 0 Å². The van der Waals surface area contributed by atoms with E-state index in [0.717, 1.165) is 32.1 Å². The van der Waals surface area contributed by atoms with Gasteiger partial charge in [0.1, 0.15) is 0 Å². The lowest BCUT2D eigenvalue weighted by Crippen LogP contribution is -2.36. The minimum atomic E-state index is -0.0586. The van der Waals surface area contributed by atoms with Gasteiger partial charge < -0.3 is 11.1 Å². The van der Waals surface area contributed by atoms with Crippen LogP contribution in [0.15, 0.2) is 24.3 Å². The molecule has 2 aliphatic carbocycles. The van der Waals surface area contributed by atoms with Gasteiger partial charge in [0.05, 0.1) is 0 Å². The predicted octanol–water partition coefficient (Wildman–Crippen LogP) is 3.02. The zero-order valence-electron chi connectivity index (χ0n) is 12.7. The van der Waals surface area contributed by atoms with Crippen molar-refractivity contribution in [1.82, 2.24) is 5.32 Å². The van der Waals surface area contributed by atoms with E-state index in [1.165, 1.54) is 30.4 Å². The second kappa shape index (κ2) is 6.18. The molecule has 3 heteroatoms. The van der Waals surface area contributed by atoms with Gasteiger partial charge in [0.15, 0.2) is 0 Å². The molecule has 3 N–H and O–H groups in total. The molecule has 114 valence electrons. The Morgan fingerprint density at radius 3 is 2.43 bits per heavy atom. The number of amides is 1. The molecular weight excluding hydrogens is 260 g/mol. The fraction of sp³-hybridized carbons (Fsp3) is 0.611. The number of benzene rings is 1. The first-order valence-corrected chi connectivity index (χ1v) is 8.33. The first-order chi connectivity index (χ1) is 10.2. The molecule has 0 aromatic heterocycles. The number of aryl methyl sites for hydroxylation is 1. The summed E-state index contributed by atoms with van der Waals surface area (Å²) in [7, 11) is 0. The average molecular weight is 286 g/mol. The molecule has 2 fully saturated rings. The molecule has 0 saturated heterocycles. The molecule has 1 aromatic carbocycles. The molecule has 0 unspecified atom stereocenters. The Balaban J connectivity index is 1.44. The molecule has 3 nitrogen and oxygen atoms in total. The summed E-state index contributed by atoms with van der Waals surface area (Å²) in [5.74, 6) is 0.198. The number of nitrogens with two attached hydrogens (primary N) is 1. The topological polar surface area (TPSA) is 55.1 Å². The van der Waals surface area contributed by atoms with Crippen molar-refractivity contribution >= 4 is 5.91 Å². The van der Waals surface area contributed by atoms with Crippen LogP contribution in [-0.4, -0.2) is 11.9 Å². The fourth-order valence-corrected chi connectivity index (χ4v) is 3.23. The second-order valence-corrected chi connectivity index (χ2v) is 6.76. The van der Waals surface area contributed by atoms with Crippen LogP contribution in [0.25, 0.3) is 0 Å². The van der Waals surface area contributed by atoms with Gasteiger partial charge >= 0.3 is 0 Å². The van der Waals surface area contributed by atoms with Crippen LogP contribution in [0, 0.1) is 0 Å². The molecule has 2 saturated carbocycles. The summed E-state index contributed by atoms with van der Waals surface area (Å²) >= 11 is 0. The van der Waals surface area contributed by atoms with Gasteiger partial charge in [-0.3, -0.25) is 4.79 Å². The van der Waals surface area contributed by atoms with E-state index in [0.29, 0.717) is 12.5 Å². The van der Waals surface area contributed by atoms with Crippen molar-refractivity contribution in [3.63, 3.8) is 0 Å². The van der Waals surface area contributed by atoms with Crippen molar-refractivity contribution in [2.75, 3.05) is 0 Å². The number of nitrogens with one attached hydrogen (secondary N) is 1. The molecule has 21 heavy (non-hydrogen) atoms. The Kier molecular flexibility index (Phi) is 4.29. The van der Waals surface area contributed by atoms with Crippen molar-refractivity contribution in [3.05, 3.63) is 35.4 Å².